The number of hydrogen-bond acceptors (Lipinski definition) is 4. The summed E-state index contributed by atoms with van der Waals surface area (Å²) >= 11 is 0. The predicted octanol–water partition coefficient (Wildman–Crippen LogP) is 4.95. The smallest absolute Gasteiger partial charge is 0.268 e. The number of nitrogens with one attached hydrogen (secondary N) is 2. The number of carbonyl (C=O) groups is 3. The number of rotatable bonds is 8. The first-order chi connectivity index (χ1) is 18.7. The number of Topliss-reactive ketones (excluding diaryl/α,β-unsaturated/α-hetero) is 1. The highest BCUT2D eigenvalue weighted by Crippen LogP contribution is 2.37. The van der Waals surface area contributed by atoms with Crippen molar-refractivity contribution in [3.63, 3.8) is 0 Å². The van der Waals surface area contributed by atoms with Crippen LogP contribution in [-0.4, -0.2) is 53.2 Å². The number of hydrogen-bond donors (Lipinski definition) is 2. The number of nitrogens with zero attached hydrogens (tertiary/aromatic N) is 2. The van der Waals surface area contributed by atoms with Crippen LogP contribution in [-0.2, 0) is 24.2 Å². The van der Waals surface area contributed by atoms with E-state index in [1.807, 2.05) is 11.8 Å². The number of anilines is 1. The molecule has 1 unspecified atom stereocenters. The van der Waals surface area contributed by atoms with E-state index in [2.05, 4.69) is 47.2 Å². The van der Waals surface area contributed by atoms with Gasteiger partial charge in [0, 0.05) is 36.5 Å². The quantitative estimate of drug-likeness (QED) is 0.506. The van der Waals surface area contributed by atoms with Gasteiger partial charge in [-0.2, -0.15) is 0 Å². The first-order valence-corrected chi connectivity index (χ1v) is 14.9. The van der Waals surface area contributed by atoms with Crippen molar-refractivity contribution < 1.29 is 14.4 Å². The van der Waals surface area contributed by atoms with E-state index in [0.29, 0.717) is 42.1 Å². The molecule has 4 aliphatic rings. The molecule has 2 aliphatic carbocycles. The summed E-state index contributed by atoms with van der Waals surface area (Å²) in [4.78, 5) is 48.0. The molecular weight excluding hydrogens is 488 g/mol. The molecule has 0 radical (unpaired) electrons. The summed E-state index contributed by atoms with van der Waals surface area (Å²) in [5.74, 6) is 0.437. The van der Waals surface area contributed by atoms with Gasteiger partial charge in [-0.1, -0.05) is 38.8 Å². The van der Waals surface area contributed by atoms with Gasteiger partial charge in [-0.05, 0) is 92.6 Å². The molecule has 1 aromatic carbocycles. The molecule has 6 rings (SSSR count). The largest absolute Gasteiger partial charge is 0.354 e. The van der Waals surface area contributed by atoms with Crippen LogP contribution in [0, 0.1) is 18.3 Å². The molecule has 7 heteroatoms. The van der Waals surface area contributed by atoms with Crippen LogP contribution in [0.4, 0.5) is 5.69 Å². The second kappa shape index (κ2) is 10.2. The zero-order chi connectivity index (χ0) is 27.3. The van der Waals surface area contributed by atoms with Crippen molar-refractivity contribution in [3.8, 4) is 0 Å². The fourth-order valence-corrected chi connectivity index (χ4v) is 6.93. The van der Waals surface area contributed by atoms with E-state index in [0.717, 1.165) is 37.2 Å². The fraction of sp³-hybridized carbons (Fsp3) is 0.594. The predicted molar refractivity (Wildman–Crippen MR) is 152 cm³/mol. The van der Waals surface area contributed by atoms with Crippen molar-refractivity contribution in [2.24, 2.45) is 11.3 Å². The van der Waals surface area contributed by atoms with Crippen molar-refractivity contribution in [2.75, 3.05) is 24.5 Å². The lowest BCUT2D eigenvalue weighted by Crippen LogP contribution is -2.48. The Bertz CT molecular complexity index is 1300. The number of likely N-dealkylation sites (tertiary alicyclic amines) is 1. The Morgan fingerprint density at radius 1 is 1.13 bits per heavy atom. The third-order valence-electron chi connectivity index (χ3n) is 9.20. The Morgan fingerprint density at radius 3 is 2.64 bits per heavy atom. The third kappa shape index (κ3) is 5.43. The van der Waals surface area contributed by atoms with Crippen LogP contribution in [0.1, 0.15) is 102 Å². The lowest BCUT2D eigenvalue weighted by Gasteiger charge is -2.28. The molecule has 208 valence electrons. The van der Waals surface area contributed by atoms with E-state index >= 15 is 0 Å². The average Bonchev–Trinajstić information content (AvgIpc) is 3.24. The van der Waals surface area contributed by atoms with E-state index in [1.54, 1.807) is 0 Å². The molecule has 39 heavy (non-hydrogen) atoms. The first-order valence-electron chi connectivity index (χ1n) is 14.9. The summed E-state index contributed by atoms with van der Waals surface area (Å²) in [7, 11) is 0. The average molecular weight is 531 g/mol. The Morgan fingerprint density at radius 2 is 1.90 bits per heavy atom. The van der Waals surface area contributed by atoms with Gasteiger partial charge in [0.1, 0.15) is 11.7 Å². The summed E-state index contributed by atoms with van der Waals surface area (Å²) in [6.45, 7) is 9.96. The van der Waals surface area contributed by atoms with Gasteiger partial charge in [0.2, 0.25) is 5.91 Å². The van der Waals surface area contributed by atoms with E-state index in [1.165, 1.54) is 49.9 Å². The van der Waals surface area contributed by atoms with E-state index in [-0.39, 0.29) is 23.0 Å². The van der Waals surface area contributed by atoms with Gasteiger partial charge in [-0.3, -0.25) is 19.3 Å². The second-order valence-electron chi connectivity index (χ2n) is 13.2. The molecule has 2 amide bonds. The standard InChI is InChI=1S/C32H42N4O3/c1-20-28-25(17-32(2,3)18-27(28)37)33-29(20)30(38)34-24(10-8-21-6-7-21)31(39)36-15-12-23-16-22(9-11-26(23)36)19-35-13-4-5-14-35/h9,11,16,21,24,33H,4-8,10,12-15,17-19H2,1-3H3,(H,34,38). The topological polar surface area (TPSA) is 85.5 Å². The monoisotopic (exact) mass is 530 g/mol. The number of ketones is 1. The number of aromatic amines is 1. The third-order valence-corrected chi connectivity index (χ3v) is 9.20. The van der Waals surface area contributed by atoms with Gasteiger partial charge in [0.25, 0.3) is 5.91 Å². The molecule has 1 saturated heterocycles. The lowest BCUT2D eigenvalue weighted by atomic mass is 9.75. The highest BCUT2D eigenvalue weighted by molar-refractivity contribution is 6.06. The molecule has 1 atom stereocenters. The molecular formula is C32H42N4O3. The fourth-order valence-electron chi connectivity index (χ4n) is 6.93. The maximum absolute atomic E-state index is 13.9. The van der Waals surface area contributed by atoms with Crippen LogP contribution < -0.4 is 10.2 Å². The number of H-pyrrole nitrogens is 1. The lowest BCUT2D eigenvalue weighted by molar-refractivity contribution is -0.120. The van der Waals surface area contributed by atoms with Crippen LogP contribution in [0.2, 0.25) is 0 Å². The second-order valence-corrected chi connectivity index (χ2v) is 13.2. The minimum atomic E-state index is -0.583. The minimum absolute atomic E-state index is 0.0266. The number of carbonyl (C=O) groups excluding carboxylic acids is 3. The number of aromatic nitrogens is 1. The normalized spacial score (nSPS) is 21.1. The zero-order valence-corrected chi connectivity index (χ0v) is 23.7. The van der Waals surface area contributed by atoms with Gasteiger partial charge < -0.3 is 15.2 Å². The van der Waals surface area contributed by atoms with E-state index in [9.17, 15) is 14.4 Å². The minimum Gasteiger partial charge on any atom is -0.354 e. The van der Waals surface area contributed by atoms with Crippen LogP contribution in [0.3, 0.4) is 0 Å². The first kappa shape index (κ1) is 26.3. The van der Waals surface area contributed by atoms with Crippen molar-refractivity contribution >= 4 is 23.3 Å². The zero-order valence-electron chi connectivity index (χ0n) is 23.7. The van der Waals surface area contributed by atoms with E-state index < -0.39 is 6.04 Å². The number of fused-ring (bicyclic) bond motifs is 2. The summed E-state index contributed by atoms with van der Waals surface area (Å²) in [5.41, 5.74) is 6.02. The molecule has 2 fully saturated rings. The Hall–Kier alpha value is -2.93. The van der Waals surface area contributed by atoms with Crippen LogP contribution in [0.25, 0.3) is 0 Å². The number of amides is 2. The SMILES string of the molecule is Cc1c(C(=O)NC(CCC2CC2)C(=O)N2CCc3cc(CN4CCCC4)ccc32)[nH]c2c1C(=O)CC(C)(C)C2. The van der Waals surface area contributed by atoms with Crippen molar-refractivity contribution in [1.29, 1.82) is 0 Å². The molecule has 1 aromatic heterocycles. The van der Waals surface area contributed by atoms with Crippen LogP contribution >= 0.6 is 0 Å². The highest BCUT2D eigenvalue weighted by Gasteiger charge is 2.37. The van der Waals surface area contributed by atoms with Gasteiger partial charge in [0.05, 0.1) is 0 Å². The summed E-state index contributed by atoms with van der Waals surface area (Å²) in [5, 5.41) is 3.09. The van der Waals surface area contributed by atoms with Crippen molar-refractivity contribution in [2.45, 2.75) is 91.1 Å². The molecule has 3 heterocycles. The van der Waals surface area contributed by atoms with Crippen molar-refractivity contribution in [3.05, 3.63) is 51.8 Å². The van der Waals surface area contributed by atoms with Crippen LogP contribution in [0.15, 0.2) is 18.2 Å². The van der Waals surface area contributed by atoms with Gasteiger partial charge in [0.15, 0.2) is 5.78 Å². The summed E-state index contributed by atoms with van der Waals surface area (Å²) in [6, 6.07) is 5.94. The molecule has 7 nitrogen and oxygen atoms in total. The highest BCUT2D eigenvalue weighted by atomic mass is 16.2. The van der Waals surface area contributed by atoms with Gasteiger partial charge in [-0.25, -0.2) is 0 Å². The Balaban J connectivity index is 1.20. The Labute approximate surface area is 231 Å². The molecule has 2 aromatic rings. The molecule has 2 N–H and O–H groups in total. The molecule has 1 saturated carbocycles. The summed E-state index contributed by atoms with van der Waals surface area (Å²) in [6.07, 6.45) is 8.62. The molecule has 0 bridgehead atoms. The van der Waals surface area contributed by atoms with E-state index in [4.69, 9.17) is 0 Å². The van der Waals surface area contributed by atoms with Gasteiger partial charge in [-0.15, -0.1) is 0 Å². The maximum Gasteiger partial charge on any atom is 0.268 e. The molecule has 2 aliphatic heterocycles. The molecule has 0 spiro atoms. The van der Waals surface area contributed by atoms with Gasteiger partial charge >= 0.3 is 0 Å². The Kier molecular flexibility index (Phi) is 6.90. The maximum atomic E-state index is 13.9. The summed E-state index contributed by atoms with van der Waals surface area (Å²) < 4.78 is 0. The van der Waals surface area contributed by atoms with Crippen molar-refractivity contribution in [1.82, 2.24) is 15.2 Å². The number of benzene rings is 1. The van der Waals surface area contributed by atoms with Crippen LogP contribution in [0.5, 0.6) is 0 Å².